The van der Waals surface area contributed by atoms with Gasteiger partial charge >= 0.3 is 11.3 Å². The van der Waals surface area contributed by atoms with Crippen LogP contribution in [0.3, 0.4) is 0 Å². The van der Waals surface area contributed by atoms with Crippen LogP contribution in [-0.2, 0) is 0 Å². The first-order valence-electron chi connectivity index (χ1n) is 39.2. The Hall–Kier alpha value is -16.1. The van der Waals surface area contributed by atoms with Crippen LogP contribution < -0.4 is 11.3 Å². The molecular formula is C105H62N8O4. The molecule has 12 nitrogen and oxygen atoms in total. The quantitative estimate of drug-likeness (QED) is 0.118. The number of hydrogen-bond acceptors (Lipinski definition) is 7. The van der Waals surface area contributed by atoms with E-state index in [-0.39, 0.29) is 0 Å². The monoisotopic (exact) mass is 1500 g/mol. The van der Waals surface area contributed by atoms with Crippen molar-refractivity contribution in [1.29, 1.82) is 0 Å². The van der Waals surface area contributed by atoms with E-state index >= 15 is 4.79 Å². The number of aromatic nitrogens is 8. The van der Waals surface area contributed by atoms with E-state index < -0.39 is 11.3 Å². The van der Waals surface area contributed by atoms with Crippen LogP contribution in [0.2, 0.25) is 0 Å². The third kappa shape index (κ3) is 9.98. The zero-order chi connectivity index (χ0) is 77.1. The number of rotatable bonds is 11. The minimum Gasteiger partial charge on any atom is -0.422 e. The van der Waals surface area contributed by atoms with Gasteiger partial charge in [-0.05, 0) is 196 Å². The predicted octanol–water partition coefficient (Wildman–Crippen LogP) is 25.6. The molecule has 10 aromatic heterocycles. The summed E-state index contributed by atoms with van der Waals surface area (Å²) in [5, 5.41) is 12.6. The first kappa shape index (κ1) is 65.6. The molecule has 0 unspecified atom stereocenters. The van der Waals surface area contributed by atoms with Crippen LogP contribution in [0, 0.1) is 0 Å². The molecule has 0 bridgehead atoms. The number of pyridine rings is 3. The van der Waals surface area contributed by atoms with Gasteiger partial charge in [-0.25, -0.2) is 9.59 Å². The van der Waals surface area contributed by atoms with Gasteiger partial charge in [0.15, 0.2) is 0 Å². The van der Waals surface area contributed by atoms with Crippen LogP contribution in [0.15, 0.2) is 395 Å². The zero-order valence-corrected chi connectivity index (χ0v) is 62.5. The number of hydrogen-bond donors (Lipinski definition) is 0. The molecule has 14 aromatic carbocycles. The van der Waals surface area contributed by atoms with Gasteiger partial charge in [0.25, 0.3) is 0 Å². The summed E-state index contributed by atoms with van der Waals surface area (Å²) in [6.45, 7) is 0. The molecule has 0 aliphatic rings. The van der Waals surface area contributed by atoms with E-state index in [1.807, 2.05) is 36.4 Å². The first-order valence-corrected chi connectivity index (χ1v) is 39.2. The highest BCUT2D eigenvalue weighted by molar-refractivity contribution is 6.20. The van der Waals surface area contributed by atoms with Crippen molar-refractivity contribution in [1.82, 2.24) is 37.8 Å². The van der Waals surface area contributed by atoms with Crippen LogP contribution in [0.4, 0.5) is 0 Å². The van der Waals surface area contributed by atoms with Gasteiger partial charge in [-0.1, -0.05) is 182 Å². The Bertz CT molecular complexity index is 8260. The average Bonchev–Trinajstić information content (AvgIpc) is 1.57. The maximum Gasteiger partial charge on any atom is 0.344 e. The summed E-state index contributed by atoms with van der Waals surface area (Å²) in [6, 6.07) is 120. The Balaban J connectivity index is 0.694. The van der Waals surface area contributed by atoms with Gasteiger partial charge in [0.05, 0.1) is 83.2 Å². The SMILES string of the molecule is O=c1cc(-c2ccncc2)c2cc(-c3ccc(-n4c5ccccc5c5ccccc54)cc3)cc(-c3ccc(-n4c5ccccc5c5cc(-c6ccc7c(c6)c6ccccc6n7-c6c(-n7c8ccccc8c8ccccc87)c(-n7c8ccccc8c8ccccc87)cc7oc(=O)c(-c8ccncc8)c(-c8ccncc8)c67)ccc54)cc3)c2o1. The highest BCUT2D eigenvalue weighted by Gasteiger charge is 2.32. The molecule has 546 valence electrons. The molecule has 117 heavy (non-hydrogen) atoms. The largest absolute Gasteiger partial charge is 0.422 e. The summed E-state index contributed by atoms with van der Waals surface area (Å²) >= 11 is 0. The van der Waals surface area contributed by atoms with Gasteiger partial charge in [-0.2, -0.15) is 0 Å². The van der Waals surface area contributed by atoms with Gasteiger partial charge < -0.3 is 31.7 Å². The Labute approximate surface area is 666 Å². The molecule has 10 heterocycles. The molecule has 0 fully saturated rings. The number of benzene rings is 14. The highest BCUT2D eigenvalue weighted by atomic mass is 16.4. The molecule has 24 aromatic rings. The van der Waals surface area contributed by atoms with Crippen molar-refractivity contribution in [3.63, 3.8) is 0 Å². The maximum absolute atomic E-state index is 15.6. The van der Waals surface area contributed by atoms with Crippen molar-refractivity contribution in [2.45, 2.75) is 0 Å². The second-order valence-corrected chi connectivity index (χ2v) is 30.1. The molecule has 0 aliphatic carbocycles. The minimum atomic E-state index is -0.482. The van der Waals surface area contributed by atoms with E-state index in [1.54, 1.807) is 43.2 Å². The first-order chi connectivity index (χ1) is 57.9. The summed E-state index contributed by atoms with van der Waals surface area (Å²) in [6.07, 6.45) is 10.5. The molecule has 0 amide bonds. The van der Waals surface area contributed by atoms with Crippen LogP contribution >= 0.6 is 0 Å². The smallest absolute Gasteiger partial charge is 0.344 e. The second kappa shape index (κ2) is 25.7. The molecule has 0 atom stereocenters. The van der Waals surface area contributed by atoms with Gasteiger partial charge in [0.2, 0.25) is 0 Å². The second-order valence-electron chi connectivity index (χ2n) is 30.1. The van der Waals surface area contributed by atoms with Crippen molar-refractivity contribution in [2.24, 2.45) is 0 Å². The lowest BCUT2D eigenvalue weighted by atomic mass is 9.92. The van der Waals surface area contributed by atoms with Crippen molar-refractivity contribution in [2.75, 3.05) is 0 Å². The average molecular weight is 1500 g/mol. The van der Waals surface area contributed by atoms with Crippen molar-refractivity contribution >= 4 is 131 Å². The topological polar surface area (TPSA) is 124 Å². The molecule has 0 N–H and O–H groups in total. The highest BCUT2D eigenvalue weighted by Crippen LogP contribution is 2.51. The van der Waals surface area contributed by atoms with Gasteiger partial charge in [0, 0.05) is 131 Å². The molecule has 0 spiro atoms. The van der Waals surface area contributed by atoms with Gasteiger partial charge in [-0.15, -0.1) is 0 Å². The standard InChI is InChI=1S/C105H62N8O4/c114-98-61-81(65-45-51-106-52-46-65)85-60-70(63-33-39-71(40-34-63)109-86-25-9-1-17-73(86)74-18-2-10-26-87(74)109)59-82(104(85)117-98)64-35-41-72(42-36-64)110-88-27-11-7-23-79(88)83-57-68(37-43-94(83)110)69-38-44-95-84(58-69)80-24-8-16-32-93(80)113(95)103-101-97(116-105(115)100(67-49-55-108-56-50-67)99(101)66-47-53-107-54-48-66)62-96(111-89-28-12-3-19-75(89)76-20-4-13-29-90(76)111)102(103)112-91-30-14-5-21-77(91)78-22-6-15-31-92(78)112/h1-62H. The van der Waals surface area contributed by atoms with E-state index in [1.165, 1.54) is 10.8 Å². The Morgan fingerprint density at radius 3 is 1.03 bits per heavy atom. The maximum atomic E-state index is 15.6. The summed E-state index contributed by atoms with van der Waals surface area (Å²) in [7, 11) is 0. The molecular weight excluding hydrogens is 1440 g/mol. The Morgan fingerprint density at radius 2 is 0.573 bits per heavy atom. The fourth-order valence-electron chi connectivity index (χ4n) is 18.9. The molecule has 0 saturated heterocycles. The van der Waals surface area contributed by atoms with E-state index in [0.29, 0.717) is 27.9 Å². The van der Waals surface area contributed by atoms with Crippen molar-refractivity contribution in [3.05, 3.63) is 398 Å². The number of para-hydroxylation sites is 8. The minimum absolute atomic E-state index is 0.407. The van der Waals surface area contributed by atoms with E-state index in [4.69, 9.17) is 8.83 Å². The van der Waals surface area contributed by atoms with Crippen LogP contribution in [0.1, 0.15) is 0 Å². The van der Waals surface area contributed by atoms with Crippen molar-refractivity contribution < 1.29 is 8.83 Å². The molecule has 12 heteroatoms. The van der Waals surface area contributed by atoms with E-state index in [2.05, 4.69) is 335 Å². The van der Waals surface area contributed by atoms with Crippen LogP contribution in [0.5, 0.6) is 0 Å². The summed E-state index contributed by atoms with van der Waals surface area (Å²) in [5.41, 5.74) is 24.8. The summed E-state index contributed by atoms with van der Waals surface area (Å²) in [4.78, 5) is 42.8. The van der Waals surface area contributed by atoms with Gasteiger partial charge in [-0.3, -0.25) is 15.0 Å². The van der Waals surface area contributed by atoms with Gasteiger partial charge in [0.1, 0.15) is 11.2 Å². The lowest BCUT2D eigenvalue weighted by Crippen LogP contribution is -2.13. The molecule has 0 radical (unpaired) electrons. The fourth-order valence-corrected chi connectivity index (χ4v) is 18.9. The van der Waals surface area contributed by atoms with Crippen LogP contribution in [0.25, 0.3) is 226 Å². The fraction of sp³-hybridized carbons (Fsp3) is 0. The van der Waals surface area contributed by atoms with Crippen LogP contribution in [-0.4, -0.2) is 37.8 Å². The molecule has 0 aliphatic heterocycles. The number of nitrogens with zero attached hydrogens (tertiary/aromatic N) is 8. The third-order valence-corrected chi connectivity index (χ3v) is 23.9. The lowest BCUT2D eigenvalue weighted by Gasteiger charge is -2.25. The lowest BCUT2D eigenvalue weighted by molar-refractivity contribution is 0.562. The molecule has 24 rings (SSSR count). The summed E-state index contributed by atoms with van der Waals surface area (Å²) in [5.74, 6) is 0. The van der Waals surface area contributed by atoms with E-state index in [9.17, 15) is 4.79 Å². The normalized spacial score (nSPS) is 12.0. The van der Waals surface area contributed by atoms with E-state index in [0.717, 1.165) is 188 Å². The number of fused-ring (bicyclic) bond motifs is 17. The third-order valence-electron chi connectivity index (χ3n) is 23.9. The Morgan fingerprint density at radius 1 is 0.231 bits per heavy atom. The Kier molecular flexibility index (Phi) is 14.4. The van der Waals surface area contributed by atoms with Crippen molar-refractivity contribution in [3.8, 4) is 95.2 Å². The zero-order valence-electron chi connectivity index (χ0n) is 62.5. The predicted molar refractivity (Wildman–Crippen MR) is 476 cm³/mol. The molecule has 0 saturated carbocycles. The summed E-state index contributed by atoms with van der Waals surface area (Å²) < 4.78 is 25.2.